The van der Waals surface area contributed by atoms with Gasteiger partial charge in [-0.05, 0) is 24.5 Å². The summed E-state index contributed by atoms with van der Waals surface area (Å²) in [5.41, 5.74) is 0.104. The minimum absolute atomic E-state index is 0.0294. The quantitative estimate of drug-likeness (QED) is 0.711. The Kier molecular flexibility index (Phi) is 3.09. The molecule has 0 N–H and O–H groups in total. The van der Waals surface area contributed by atoms with E-state index < -0.39 is 15.1 Å². The fraction of sp³-hybridized carbons (Fsp3) is 0.500. The number of aromatic nitrogens is 3. The Labute approximate surface area is 132 Å². The van der Waals surface area contributed by atoms with E-state index in [1.165, 1.54) is 4.40 Å². The molecule has 0 aromatic carbocycles. The molecule has 2 fully saturated rings. The lowest BCUT2D eigenvalue weighted by atomic mass is 10.1. The topological polar surface area (TPSA) is 93.8 Å². The molecule has 2 aliphatic rings. The van der Waals surface area contributed by atoms with E-state index in [0.717, 1.165) is 4.68 Å². The van der Waals surface area contributed by atoms with Gasteiger partial charge in [-0.3, -0.25) is 9.20 Å². The first kappa shape index (κ1) is 14.4. The highest BCUT2D eigenvalue weighted by Crippen LogP contribution is 2.33. The molecule has 0 saturated carbocycles. The van der Waals surface area contributed by atoms with Crippen molar-refractivity contribution < 1.29 is 13.2 Å². The van der Waals surface area contributed by atoms with Crippen molar-refractivity contribution >= 4 is 21.4 Å². The molecule has 122 valence electrons. The van der Waals surface area contributed by atoms with Crippen LogP contribution in [0, 0.1) is 5.92 Å². The summed E-state index contributed by atoms with van der Waals surface area (Å²) < 4.78 is 26.4. The molecule has 0 spiro atoms. The Morgan fingerprint density at radius 3 is 2.87 bits per heavy atom. The van der Waals surface area contributed by atoms with Gasteiger partial charge in [0, 0.05) is 19.3 Å². The number of carbonyl (C=O) groups excluding carboxylic acids is 1. The van der Waals surface area contributed by atoms with Crippen LogP contribution < -0.4 is 5.69 Å². The molecular weight excluding hydrogens is 320 g/mol. The molecule has 4 heterocycles. The predicted molar refractivity (Wildman–Crippen MR) is 81.7 cm³/mol. The fourth-order valence-electron chi connectivity index (χ4n) is 3.50. The van der Waals surface area contributed by atoms with Crippen LogP contribution in [-0.2, 0) is 21.2 Å². The summed E-state index contributed by atoms with van der Waals surface area (Å²) in [5.74, 6) is -0.0159. The number of carbonyl (C=O) groups is 1. The van der Waals surface area contributed by atoms with Gasteiger partial charge >= 0.3 is 5.69 Å². The Balaban J connectivity index is 1.54. The lowest BCUT2D eigenvalue weighted by Gasteiger charge is -2.16. The summed E-state index contributed by atoms with van der Waals surface area (Å²) in [6.45, 7) is 0.513. The van der Waals surface area contributed by atoms with E-state index in [0.29, 0.717) is 18.6 Å². The van der Waals surface area contributed by atoms with Crippen LogP contribution in [0.3, 0.4) is 0 Å². The summed E-state index contributed by atoms with van der Waals surface area (Å²) in [5, 5.41) is 3.69. The van der Waals surface area contributed by atoms with Crippen molar-refractivity contribution in [1.82, 2.24) is 19.1 Å². The zero-order valence-electron chi connectivity index (χ0n) is 12.3. The van der Waals surface area contributed by atoms with Crippen LogP contribution in [0.1, 0.15) is 6.42 Å². The monoisotopic (exact) mass is 336 g/mol. The average Bonchev–Trinajstić information content (AvgIpc) is 3.16. The molecular formula is C14H16N4O4S. The molecule has 1 amide bonds. The second-order valence-corrected chi connectivity index (χ2v) is 8.46. The molecule has 0 aliphatic carbocycles. The Bertz CT molecular complexity index is 945. The zero-order valence-corrected chi connectivity index (χ0v) is 13.1. The smallest absolute Gasteiger partial charge is 0.339 e. The number of nitrogens with zero attached hydrogens (tertiary/aromatic N) is 4. The Hall–Kier alpha value is -2.16. The van der Waals surface area contributed by atoms with Gasteiger partial charge in [-0.1, -0.05) is 6.07 Å². The molecule has 0 radical (unpaired) electrons. The van der Waals surface area contributed by atoms with Crippen molar-refractivity contribution in [2.24, 2.45) is 5.92 Å². The third kappa shape index (κ3) is 2.26. The van der Waals surface area contributed by atoms with Gasteiger partial charge in [0.05, 0.1) is 11.0 Å². The van der Waals surface area contributed by atoms with Crippen LogP contribution in [0.4, 0.5) is 0 Å². The summed E-state index contributed by atoms with van der Waals surface area (Å²) in [7, 11) is -3.07. The highest BCUT2D eigenvalue weighted by molar-refractivity contribution is 7.92. The van der Waals surface area contributed by atoms with E-state index in [1.54, 1.807) is 29.3 Å². The minimum atomic E-state index is -3.07. The summed E-state index contributed by atoms with van der Waals surface area (Å²) >= 11 is 0. The van der Waals surface area contributed by atoms with Crippen LogP contribution in [0.15, 0.2) is 29.2 Å². The van der Waals surface area contributed by atoms with Gasteiger partial charge in [-0.15, -0.1) is 5.10 Å². The molecule has 2 atom stereocenters. The molecule has 2 aromatic rings. The lowest BCUT2D eigenvalue weighted by Crippen LogP contribution is -2.37. The first-order chi connectivity index (χ1) is 11.0. The zero-order chi connectivity index (χ0) is 16.2. The summed E-state index contributed by atoms with van der Waals surface area (Å²) in [4.78, 5) is 26.1. The maximum Gasteiger partial charge on any atom is 0.350 e. The van der Waals surface area contributed by atoms with E-state index in [2.05, 4.69) is 5.10 Å². The molecule has 23 heavy (non-hydrogen) atoms. The number of rotatable bonds is 2. The first-order valence-electron chi connectivity index (χ1n) is 7.49. The highest BCUT2D eigenvalue weighted by atomic mass is 32.2. The molecule has 8 nitrogen and oxygen atoms in total. The number of hydrogen-bond donors (Lipinski definition) is 0. The molecule has 2 aromatic heterocycles. The average molecular weight is 336 g/mol. The van der Waals surface area contributed by atoms with E-state index in [1.807, 2.05) is 0 Å². The number of fused-ring (bicyclic) bond motifs is 2. The minimum Gasteiger partial charge on any atom is -0.339 e. The third-order valence-electron chi connectivity index (χ3n) is 4.74. The maximum absolute atomic E-state index is 12.4. The van der Waals surface area contributed by atoms with Crippen molar-refractivity contribution in [2.75, 3.05) is 18.8 Å². The molecule has 2 saturated heterocycles. The van der Waals surface area contributed by atoms with Gasteiger partial charge in [0.1, 0.15) is 6.54 Å². The van der Waals surface area contributed by atoms with Gasteiger partial charge in [0.25, 0.3) is 0 Å². The largest absolute Gasteiger partial charge is 0.350 e. The van der Waals surface area contributed by atoms with E-state index in [4.69, 9.17) is 0 Å². The lowest BCUT2D eigenvalue weighted by molar-refractivity contribution is -0.131. The first-order valence-corrected chi connectivity index (χ1v) is 9.21. The van der Waals surface area contributed by atoms with Crippen LogP contribution >= 0.6 is 0 Å². The van der Waals surface area contributed by atoms with Gasteiger partial charge in [-0.2, -0.15) is 0 Å². The Morgan fingerprint density at radius 1 is 1.30 bits per heavy atom. The normalized spacial score (nSPS) is 25.8. The van der Waals surface area contributed by atoms with Crippen molar-refractivity contribution in [3.63, 3.8) is 0 Å². The molecule has 0 unspecified atom stereocenters. The number of amides is 1. The predicted octanol–water partition coefficient (Wildman–Crippen LogP) is -0.858. The van der Waals surface area contributed by atoms with Crippen LogP contribution in [0.25, 0.3) is 5.65 Å². The highest BCUT2D eigenvalue weighted by Gasteiger charge is 2.47. The van der Waals surface area contributed by atoms with E-state index in [-0.39, 0.29) is 36.4 Å². The maximum atomic E-state index is 12.4. The van der Waals surface area contributed by atoms with Gasteiger partial charge < -0.3 is 4.90 Å². The van der Waals surface area contributed by atoms with Crippen molar-refractivity contribution in [3.8, 4) is 0 Å². The number of sulfone groups is 1. The van der Waals surface area contributed by atoms with Crippen LogP contribution in [0.5, 0.6) is 0 Å². The summed E-state index contributed by atoms with van der Waals surface area (Å²) in [6, 6.07) is 5.17. The number of likely N-dealkylation sites (tertiary alicyclic amines) is 1. The summed E-state index contributed by atoms with van der Waals surface area (Å²) in [6.07, 6.45) is 2.21. The van der Waals surface area contributed by atoms with Gasteiger partial charge in [-0.25, -0.2) is 17.9 Å². The molecule has 9 heteroatoms. The second kappa shape index (κ2) is 4.92. The molecule has 2 aliphatic heterocycles. The van der Waals surface area contributed by atoms with Crippen LogP contribution in [-0.4, -0.2) is 57.5 Å². The van der Waals surface area contributed by atoms with E-state index >= 15 is 0 Å². The second-order valence-electron chi connectivity index (χ2n) is 6.12. The fourth-order valence-corrected chi connectivity index (χ4v) is 5.64. The molecule has 0 bridgehead atoms. The van der Waals surface area contributed by atoms with Crippen LogP contribution in [0.2, 0.25) is 0 Å². The Morgan fingerprint density at radius 2 is 2.13 bits per heavy atom. The van der Waals surface area contributed by atoms with Gasteiger partial charge in [0.15, 0.2) is 15.5 Å². The standard InChI is InChI=1S/C14H16N4O4S/c19-13(16-7-10-4-6-23(21,22)11(10)8-16)9-18-14(20)17-5-2-1-3-12(17)15-18/h1-3,5,10-11H,4,6-9H2/t10-,11+/m0/s1. The number of hydrogen-bond acceptors (Lipinski definition) is 5. The van der Waals surface area contributed by atoms with Gasteiger partial charge in [0.2, 0.25) is 5.91 Å². The van der Waals surface area contributed by atoms with Crippen molar-refractivity contribution in [1.29, 1.82) is 0 Å². The van der Waals surface area contributed by atoms with Crippen molar-refractivity contribution in [3.05, 3.63) is 34.9 Å². The SMILES string of the molecule is O=C(Cn1nc2ccccn2c1=O)N1C[C@@H]2CCS(=O)(=O)[C@@H]2C1. The van der Waals surface area contributed by atoms with Crippen molar-refractivity contribution in [2.45, 2.75) is 18.2 Å². The molecule has 4 rings (SSSR count). The van der Waals surface area contributed by atoms with E-state index in [9.17, 15) is 18.0 Å². The third-order valence-corrected chi connectivity index (χ3v) is 7.00. The number of pyridine rings is 1.